The zero-order valence-corrected chi connectivity index (χ0v) is 17.1. The highest BCUT2D eigenvalue weighted by atomic mass is 16.2. The SMILES string of the molecule is CN(C)Cc1cccc(CN2CCC3(CCC(=O)N(CC4CC4)C3)CC2)c1. The van der Waals surface area contributed by atoms with Gasteiger partial charge in [-0.15, -0.1) is 0 Å². The molecule has 1 saturated carbocycles. The van der Waals surface area contributed by atoms with Gasteiger partial charge in [0.25, 0.3) is 0 Å². The lowest BCUT2D eigenvalue weighted by atomic mass is 9.72. The van der Waals surface area contributed by atoms with Crippen LogP contribution in [0.2, 0.25) is 0 Å². The lowest BCUT2D eigenvalue weighted by molar-refractivity contribution is -0.139. The van der Waals surface area contributed by atoms with Gasteiger partial charge in [0, 0.05) is 32.6 Å². The molecule has 0 atom stereocenters. The molecule has 0 N–H and O–H groups in total. The van der Waals surface area contributed by atoms with Crippen LogP contribution in [-0.4, -0.2) is 60.9 Å². The molecule has 1 aliphatic carbocycles. The van der Waals surface area contributed by atoms with Crippen LogP contribution in [0.3, 0.4) is 0 Å². The van der Waals surface area contributed by atoms with Crippen LogP contribution in [0.15, 0.2) is 24.3 Å². The van der Waals surface area contributed by atoms with Gasteiger partial charge in [-0.1, -0.05) is 24.3 Å². The van der Waals surface area contributed by atoms with E-state index in [1.165, 1.54) is 49.9 Å². The maximum atomic E-state index is 12.3. The highest BCUT2D eigenvalue weighted by Crippen LogP contribution is 2.42. The van der Waals surface area contributed by atoms with E-state index in [-0.39, 0.29) is 0 Å². The maximum absolute atomic E-state index is 12.3. The van der Waals surface area contributed by atoms with E-state index in [0.717, 1.165) is 44.9 Å². The first kappa shape index (κ1) is 18.9. The molecule has 1 aromatic rings. The molecule has 3 aliphatic rings. The predicted octanol–water partition coefficient (Wildman–Crippen LogP) is 3.36. The molecular formula is C23H35N3O. The lowest BCUT2D eigenvalue weighted by Gasteiger charge is -2.47. The van der Waals surface area contributed by atoms with Crippen LogP contribution in [0.5, 0.6) is 0 Å². The minimum atomic E-state index is 0.395. The molecular weight excluding hydrogens is 334 g/mol. The Labute approximate surface area is 164 Å². The van der Waals surface area contributed by atoms with Gasteiger partial charge in [-0.3, -0.25) is 9.69 Å². The quantitative estimate of drug-likeness (QED) is 0.769. The molecule has 0 aromatic heterocycles. The van der Waals surface area contributed by atoms with Gasteiger partial charge >= 0.3 is 0 Å². The van der Waals surface area contributed by atoms with Crippen LogP contribution in [0.25, 0.3) is 0 Å². The number of nitrogens with zero attached hydrogens (tertiary/aromatic N) is 3. The summed E-state index contributed by atoms with van der Waals surface area (Å²) in [5, 5.41) is 0. The molecule has 0 radical (unpaired) electrons. The van der Waals surface area contributed by atoms with Crippen LogP contribution in [-0.2, 0) is 17.9 Å². The van der Waals surface area contributed by atoms with Gasteiger partial charge in [-0.2, -0.15) is 0 Å². The standard InChI is InChI=1S/C23H35N3O/c1-24(2)15-20-4-3-5-21(14-20)16-25-12-10-23(11-13-25)9-8-22(27)26(18-23)17-19-6-7-19/h3-5,14,19H,6-13,15-18H2,1-2H3. The summed E-state index contributed by atoms with van der Waals surface area (Å²) >= 11 is 0. The fourth-order valence-corrected chi connectivity index (χ4v) is 4.92. The Morgan fingerprint density at radius 2 is 1.85 bits per heavy atom. The van der Waals surface area contributed by atoms with Crippen molar-refractivity contribution in [2.75, 3.05) is 40.3 Å². The van der Waals surface area contributed by atoms with Gasteiger partial charge < -0.3 is 9.80 Å². The van der Waals surface area contributed by atoms with Crippen molar-refractivity contribution < 1.29 is 4.79 Å². The third kappa shape index (κ3) is 4.91. The van der Waals surface area contributed by atoms with Crippen LogP contribution < -0.4 is 0 Å². The van der Waals surface area contributed by atoms with E-state index in [9.17, 15) is 4.79 Å². The summed E-state index contributed by atoms with van der Waals surface area (Å²) < 4.78 is 0. The average molecular weight is 370 g/mol. The lowest BCUT2D eigenvalue weighted by Crippen LogP contribution is -2.51. The van der Waals surface area contributed by atoms with Gasteiger partial charge in [0.15, 0.2) is 0 Å². The summed E-state index contributed by atoms with van der Waals surface area (Å²) in [6.07, 6.45) is 7.05. The van der Waals surface area contributed by atoms with Crippen molar-refractivity contribution in [2.24, 2.45) is 11.3 Å². The largest absolute Gasteiger partial charge is 0.342 e. The van der Waals surface area contributed by atoms with Crippen LogP contribution in [0.1, 0.15) is 49.7 Å². The van der Waals surface area contributed by atoms with E-state index in [0.29, 0.717) is 11.3 Å². The number of rotatable bonds is 6. The molecule has 2 saturated heterocycles. The molecule has 4 heteroatoms. The second kappa shape index (κ2) is 7.92. The van der Waals surface area contributed by atoms with Crippen molar-refractivity contribution in [1.82, 2.24) is 14.7 Å². The number of hydrogen-bond donors (Lipinski definition) is 0. The smallest absolute Gasteiger partial charge is 0.222 e. The minimum absolute atomic E-state index is 0.395. The zero-order chi connectivity index (χ0) is 18.9. The third-order valence-electron chi connectivity index (χ3n) is 6.74. The molecule has 27 heavy (non-hydrogen) atoms. The van der Waals surface area contributed by atoms with Gasteiger partial charge in [0.1, 0.15) is 0 Å². The van der Waals surface area contributed by atoms with Gasteiger partial charge in [-0.25, -0.2) is 0 Å². The topological polar surface area (TPSA) is 26.8 Å². The van der Waals surface area contributed by atoms with Crippen molar-refractivity contribution in [3.63, 3.8) is 0 Å². The number of carbonyl (C=O) groups excluding carboxylic acids is 1. The molecule has 0 unspecified atom stereocenters. The number of amides is 1. The molecule has 4 rings (SSSR count). The maximum Gasteiger partial charge on any atom is 0.222 e. The van der Waals surface area contributed by atoms with E-state index in [1.807, 2.05) is 0 Å². The highest BCUT2D eigenvalue weighted by molar-refractivity contribution is 5.77. The van der Waals surface area contributed by atoms with Crippen molar-refractivity contribution in [2.45, 2.75) is 51.6 Å². The van der Waals surface area contributed by atoms with Crippen molar-refractivity contribution in [3.05, 3.63) is 35.4 Å². The molecule has 3 fully saturated rings. The molecule has 4 nitrogen and oxygen atoms in total. The second-order valence-corrected chi connectivity index (χ2v) is 9.55. The van der Waals surface area contributed by atoms with E-state index < -0.39 is 0 Å². The second-order valence-electron chi connectivity index (χ2n) is 9.55. The fraction of sp³-hybridized carbons (Fsp3) is 0.696. The van der Waals surface area contributed by atoms with E-state index in [4.69, 9.17) is 0 Å². The number of hydrogen-bond acceptors (Lipinski definition) is 3. The summed E-state index contributed by atoms with van der Waals surface area (Å²) in [4.78, 5) is 19.4. The fourth-order valence-electron chi connectivity index (χ4n) is 4.92. The Balaban J connectivity index is 1.31. The summed E-state index contributed by atoms with van der Waals surface area (Å²) in [6.45, 7) is 6.45. The number of piperidine rings is 2. The van der Waals surface area contributed by atoms with Crippen LogP contribution in [0, 0.1) is 11.3 Å². The molecule has 1 amide bonds. The van der Waals surface area contributed by atoms with Crippen LogP contribution >= 0.6 is 0 Å². The molecule has 1 aromatic carbocycles. The average Bonchev–Trinajstić information content (AvgIpc) is 3.44. The molecule has 0 bridgehead atoms. The third-order valence-corrected chi connectivity index (χ3v) is 6.74. The van der Waals surface area contributed by atoms with Crippen molar-refractivity contribution in [3.8, 4) is 0 Å². The zero-order valence-electron chi connectivity index (χ0n) is 17.1. The first-order valence-electron chi connectivity index (χ1n) is 10.7. The molecule has 1 spiro atoms. The van der Waals surface area contributed by atoms with Gasteiger partial charge in [0.2, 0.25) is 5.91 Å². The Morgan fingerprint density at radius 1 is 1.11 bits per heavy atom. The van der Waals surface area contributed by atoms with E-state index in [2.05, 4.69) is 53.1 Å². The highest BCUT2D eigenvalue weighted by Gasteiger charge is 2.42. The monoisotopic (exact) mass is 369 g/mol. The predicted molar refractivity (Wildman–Crippen MR) is 109 cm³/mol. The van der Waals surface area contributed by atoms with Gasteiger partial charge in [0.05, 0.1) is 0 Å². The first-order valence-corrected chi connectivity index (χ1v) is 10.7. The van der Waals surface area contributed by atoms with E-state index in [1.54, 1.807) is 0 Å². The van der Waals surface area contributed by atoms with Crippen molar-refractivity contribution in [1.29, 1.82) is 0 Å². The molecule has 148 valence electrons. The Bertz CT molecular complexity index is 659. The number of likely N-dealkylation sites (tertiary alicyclic amines) is 2. The summed E-state index contributed by atoms with van der Waals surface area (Å²) in [6, 6.07) is 9.05. The summed E-state index contributed by atoms with van der Waals surface area (Å²) in [5.41, 5.74) is 3.22. The minimum Gasteiger partial charge on any atom is -0.342 e. The van der Waals surface area contributed by atoms with E-state index >= 15 is 0 Å². The number of benzene rings is 1. The Morgan fingerprint density at radius 3 is 2.56 bits per heavy atom. The Hall–Kier alpha value is -1.39. The van der Waals surface area contributed by atoms with Gasteiger partial charge in [-0.05, 0) is 81.7 Å². The van der Waals surface area contributed by atoms with Crippen LogP contribution in [0.4, 0.5) is 0 Å². The molecule has 2 heterocycles. The molecule has 2 aliphatic heterocycles. The first-order chi connectivity index (χ1) is 13.0. The summed E-state index contributed by atoms with van der Waals surface area (Å²) in [5.74, 6) is 1.21. The normalized spacial score (nSPS) is 23.4. The number of carbonyl (C=O) groups is 1. The van der Waals surface area contributed by atoms with Crippen molar-refractivity contribution >= 4 is 5.91 Å². The Kier molecular flexibility index (Phi) is 5.56. The summed E-state index contributed by atoms with van der Waals surface area (Å²) in [7, 11) is 4.25.